The smallest absolute Gasteiger partial charge is 0.168 e. The zero-order valence-electron chi connectivity index (χ0n) is 29.3. The fourth-order valence-electron chi connectivity index (χ4n) is 6.22. The van der Waals surface area contributed by atoms with Gasteiger partial charge < -0.3 is 14.4 Å². The van der Waals surface area contributed by atoms with Gasteiger partial charge in [0, 0.05) is 12.8 Å². The molecular weight excluding hydrogens is 547 g/mol. The summed E-state index contributed by atoms with van der Waals surface area (Å²) in [5.74, 6) is 0.725. The van der Waals surface area contributed by atoms with Gasteiger partial charge in [-0.15, -0.1) is 0 Å². The Morgan fingerprint density at radius 1 is 0.605 bits per heavy atom. The minimum absolute atomic E-state index is 0.288. The van der Waals surface area contributed by atoms with Crippen LogP contribution in [-0.4, -0.2) is 49.8 Å². The number of rotatable bonds is 32. The number of hydrogen-bond donors (Lipinski definition) is 1. The Kier molecular flexibility index (Phi) is 28.8. The van der Waals surface area contributed by atoms with Gasteiger partial charge in [-0.25, -0.2) is 0 Å². The molecule has 0 radical (unpaired) electrons. The fourth-order valence-corrected chi connectivity index (χ4v) is 6.44. The minimum atomic E-state index is -0.303. The first-order chi connectivity index (χ1) is 21.1. The lowest BCUT2D eigenvalue weighted by Gasteiger charge is -2.28. The zero-order chi connectivity index (χ0) is 31.1. The van der Waals surface area contributed by atoms with Gasteiger partial charge in [0.2, 0.25) is 0 Å². The van der Waals surface area contributed by atoms with Crippen LogP contribution in [0.5, 0.6) is 0 Å². The highest BCUT2D eigenvalue weighted by Gasteiger charge is 2.40. The molecule has 43 heavy (non-hydrogen) atoms. The summed E-state index contributed by atoms with van der Waals surface area (Å²) in [4.78, 5) is 2.27. The van der Waals surface area contributed by atoms with Crippen LogP contribution in [0.1, 0.15) is 180 Å². The number of nitrogens with zero attached hydrogens (tertiary/aromatic N) is 1. The molecule has 1 aliphatic rings. The second-order valence-corrected chi connectivity index (χ2v) is 14.0. The van der Waals surface area contributed by atoms with Crippen LogP contribution in [0.3, 0.4) is 0 Å². The van der Waals surface area contributed by atoms with E-state index in [1.165, 1.54) is 154 Å². The van der Waals surface area contributed by atoms with E-state index in [1.807, 2.05) is 0 Å². The van der Waals surface area contributed by atoms with E-state index in [4.69, 9.17) is 9.47 Å². The molecular formula is C39H75NO2S. The summed E-state index contributed by atoms with van der Waals surface area (Å²) in [7, 11) is 4.32. The molecule has 1 rings (SSSR count). The largest absolute Gasteiger partial charge is 0.347 e. The molecule has 0 aromatic rings. The van der Waals surface area contributed by atoms with Gasteiger partial charge in [-0.1, -0.05) is 108 Å². The van der Waals surface area contributed by atoms with Gasteiger partial charge in [-0.05, 0) is 110 Å². The molecule has 0 aromatic heterocycles. The summed E-state index contributed by atoms with van der Waals surface area (Å²) in [5.41, 5.74) is 0. The average molecular weight is 622 g/mol. The van der Waals surface area contributed by atoms with E-state index in [-0.39, 0.29) is 11.9 Å². The average Bonchev–Trinajstić information content (AvgIpc) is 3.40. The lowest BCUT2D eigenvalue weighted by molar-refractivity contribution is -0.180. The normalized spacial score (nSPS) is 19.1. The van der Waals surface area contributed by atoms with Crippen LogP contribution >= 0.6 is 12.6 Å². The third-order valence-corrected chi connectivity index (χ3v) is 9.30. The van der Waals surface area contributed by atoms with Crippen molar-refractivity contribution in [1.82, 2.24) is 4.90 Å². The number of unbranched alkanes of at least 4 members (excludes halogenated alkanes) is 19. The molecule has 2 unspecified atom stereocenters. The predicted octanol–water partition coefficient (Wildman–Crippen LogP) is 12.3. The second kappa shape index (κ2) is 30.4. The van der Waals surface area contributed by atoms with E-state index in [9.17, 15) is 0 Å². The first-order valence-electron chi connectivity index (χ1n) is 19.0. The molecule has 1 saturated heterocycles. The molecule has 3 nitrogen and oxygen atoms in total. The van der Waals surface area contributed by atoms with E-state index < -0.39 is 0 Å². The summed E-state index contributed by atoms with van der Waals surface area (Å²) in [6.45, 7) is 4.21. The highest BCUT2D eigenvalue weighted by molar-refractivity contribution is 7.80. The van der Waals surface area contributed by atoms with Crippen molar-refractivity contribution >= 4 is 12.6 Å². The van der Waals surface area contributed by atoms with E-state index in [2.05, 4.69) is 62.9 Å². The minimum Gasteiger partial charge on any atom is -0.347 e. The molecule has 0 amide bonds. The highest BCUT2D eigenvalue weighted by atomic mass is 32.1. The van der Waals surface area contributed by atoms with Crippen molar-refractivity contribution in [2.75, 3.05) is 33.0 Å². The van der Waals surface area contributed by atoms with Crippen molar-refractivity contribution in [3.05, 3.63) is 24.3 Å². The molecule has 1 fully saturated rings. The quantitative estimate of drug-likeness (QED) is 0.0459. The van der Waals surface area contributed by atoms with Crippen LogP contribution < -0.4 is 0 Å². The lowest BCUT2D eigenvalue weighted by atomic mass is 9.98. The topological polar surface area (TPSA) is 21.7 Å². The third-order valence-electron chi connectivity index (χ3n) is 8.99. The van der Waals surface area contributed by atoms with E-state index in [1.54, 1.807) is 0 Å². The fraction of sp³-hybridized carbons (Fsp3) is 0.897. The Labute approximate surface area is 275 Å². The van der Waals surface area contributed by atoms with E-state index in [0.29, 0.717) is 0 Å². The lowest BCUT2D eigenvalue weighted by Crippen LogP contribution is -2.31. The first-order valence-corrected chi connectivity index (χ1v) is 19.6. The summed E-state index contributed by atoms with van der Waals surface area (Å²) < 4.78 is 13.2. The van der Waals surface area contributed by atoms with Crippen molar-refractivity contribution in [2.24, 2.45) is 0 Å². The molecule has 1 heterocycles. The van der Waals surface area contributed by atoms with Crippen LogP contribution in [0.25, 0.3) is 0 Å². The predicted molar refractivity (Wildman–Crippen MR) is 195 cm³/mol. The summed E-state index contributed by atoms with van der Waals surface area (Å²) in [6.07, 6.45) is 44.8. The van der Waals surface area contributed by atoms with Gasteiger partial charge in [0.05, 0.1) is 12.7 Å². The maximum atomic E-state index is 6.70. The molecule has 0 aromatic carbocycles. The molecule has 1 aliphatic heterocycles. The number of ether oxygens (including phenoxy) is 2. The molecule has 0 bridgehead atoms. The Bertz CT molecular complexity index is 597. The Hall–Kier alpha value is -0.290. The van der Waals surface area contributed by atoms with Gasteiger partial charge in [0.15, 0.2) is 5.79 Å². The van der Waals surface area contributed by atoms with Gasteiger partial charge >= 0.3 is 0 Å². The molecule has 2 atom stereocenters. The van der Waals surface area contributed by atoms with Crippen LogP contribution in [0.2, 0.25) is 0 Å². The Morgan fingerprint density at radius 3 is 1.51 bits per heavy atom. The summed E-state index contributed by atoms with van der Waals surface area (Å²) in [5, 5.41) is 0. The van der Waals surface area contributed by atoms with Gasteiger partial charge in [0.1, 0.15) is 0 Å². The van der Waals surface area contributed by atoms with Gasteiger partial charge in [-0.2, -0.15) is 12.6 Å². The third kappa shape index (κ3) is 25.6. The zero-order valence-corrected chi connectivity index (χ0v) is 30.2. The van der Waals surface area contributed by atoms with Crippen molar-refractivity contribution in [3.63, 3.8) is 0 Å². The van der Waals surface area contributed by atoms with Crippen LogP contribution in [0.15, 0.2) is 24.3 Å². The van der Waals surface area contributed by atoms with Crippen LogP contribution in [0, 0.1) is 0 Å². The first kappa shape index (κ1) is 40.7. The van der Waals surface area contributed by atoms with Crippen LogP contribution in [0.4, 0.5) is 0 Å². The van der Waals surface area contributed by atoms with E-state index >= 15 is 0 Å². The Balaban J connectivity index is 2.19. The second-order valence-electron chi connectivity index (χ2n) is 13.6. The SMILES string of the molecule is CCCCCC/C=C\CCCCCCCCC1(CCCCCCCC/C=C\CCCCCS)OCC(CCCN(C)C)O1. The van der Waals surface area contributed by atoms with Crippen molar-refractivity contribution in [3.8, 4) is 0 Å². The molecule has 0 aliphatic carbocycles. The van der Waals surface area contributed by atoms with Gasteiger partial charge in [-0.3, -0.25) is 0 Å². The monoisotopic (exact) mass is 622 g/mol. The van der Waals surface area contributed by atoms with E-state index in [0.717, 1.165) is 38.2 Å². The van der Waals surface area contributed by atoms with Crippen LogP contribution in [-0.2, 0) is 9.47 Å². The highest BCUT2D eigenvalue weighted by Crippen LogP contribution is 2.36. The van der Waals surface area contributed by atoms with Gasteiger partial charge in [0.25, 0.3) is 0 Å². The van der Waals surface area contributed by atoms with Crippen molar-refractivity contribution < 1.29 is 9.47 Å². The molecule has 0 spiro atoms. The van der Waals surface area contributed by atoms with Crippen molar-refractivity contribution in [1.29, 1.82) is 0 Å². The van der Waals surface area contributed by atoms with Crippen molar-refractivity contribution in [2.45, 2.75) is 192 Å². The maximum absolute atomic E-state index is 6.70. The molecule has 0 saturated carbocycles. The number of thiol groups is 1. The molecule has 4 heteroatoms. The number of hydrogen-bond acceptors (Lipinski definition) is 4. The number of allylic oxidation sites excluding steroid dienone is 4. The summed E-state index contributed by atoms with van der Waals surface area (Å²) in [6, 6.07) is 0. The molecule has 254 valence electrons. The summed E-state index contributed by atoms with van der Waals surface area (Å²) >= 11 is 4.29. The standard InChI is InChI=1S/C39H75NO2S/c1-4-5-6-7-8-9-10-11-13-16-19-22-25-28-33-39(41-37-38(42-39)32-31-35-40(2)3)34-29-26-23-20-17-14-12-15-18-21-24-27-30-36-43/h9-10,15,18,38,43H,4-8,11-14,16-17,19-37H2,1-3H3/b10-9-,18-15-. The molecule has 0 N–H and O–H groups in total. The maximum Gasteiger partial charge on any atom is 0.168 e. The Morgan fingerprint density at radius 2 is 1.05 bits per heavy atom.